The first-order chi connectivity index (χ1) is 16.2. The van der Waals surface area contributed by atoms with Gasteiger partial charge in [-0.05, 0) is 54.6 Å². The van der Waals surface area contributed by atoms with E-state index in [1.807, 2.05) is 59.2 Å². The lowest BCUT2D eigenvalue weighted by Gasteiger charge is -2.10. The Labute approximate surface area is 193 Å². The maximum Gasteiger partial charge on any atom is 0.234 e. The standard InChI is InChI=1S/C23H20N6O3S/c1-31-18-8-5-15(6-9-18)22-27-28-23(29(22)13-19-3-2-10-32-19)33-14-21(30)25-17-7-4-16-12-24-26-20(16)11-17/h2-12H,13-14H2,1H3,(H,24,26)(H,25,30). The van der Waals surface area contributed by atoms with E-state index in [9.17, 15) is 4.79 Å². The number of H-pyrrole nitrogens is 1. The maximum atomic E-state index is 12.6. The van der Waals surface area contributed by atoms with E-state index in [1.54, 1.807) is 19.6 Å². The molecule has 3 aromatic heterocycles. The number of hydrogen-bond acceptors (Lipinski definition) is 7. The number of aromatic nitrogens is 5. The molecule has 0 unspecified atom stereocenters. The minimum atomic E-state index is -0.141. The zero-order chi connectivity index (χ0) is 22.6. The minimum absolute atomic E-state index is 0.141. The summed E-state index contributed by atoms with van der Waals surface area (Å²) in [5.74, 6) is 2.25. The maximum absolute atomic E-state index is 12.6. The fraction of sp³-hybridized carbons (Fsp3) is 0.130. The van der Waals surface area contributed by atoms with Gasteiger partial charge < -0.3 is 14.5 Å². The first-order valence-electron chi connectivity index (χ1n) is 10.2. The smallest absolute Gasteiger partial charge is 0.234 e. The number of hydrogen-bond donors (Lipinski definition) is 2. The summed E-state index contributed by atoms with van der Waals surface area (Å²) in [7, 11) is 1.63. The van der Waals surface area contributed by atoms with Crippen LogP contribution < -0.4 is 10.1 Å². The molecule has 0 spiro atoms. The highest BCUT2D eigenvalue weighted by Gasteiger charge is 2.17. The molecule has 0 fully saturated rings. The number of methoxy groups -OCH3 is 1. The second kappa shape index (κ2) is 9.21. The first-order valence-corrected chi connectivity index (χ1v) is 11.1. The number of nitrogens with zero attached hydrogens (tertiary/aromatic N) is 4. The van der Waals surface area contributed by atoms with E-state index in [4.69, 9.17) is 9.15 Å². The molecule has 1 amide bonds. The van der Waals surface area contributed by atoms with Crippen LogP contribution in [-0.2, 0) is 11.3 Å². The monoisotopic (exact) mass is 460 g/mol. The zero-order valence-electron chi connectivity index (χ0n) is 17.7. The Morgan fingerprint density at radius 3 is 2.85 bits per heavy atom. The quantitative estimate of drug-likeness (QED) is 0.334. The normalized spacial score (nSPS) is 11.1. The molecule has 0 saturated carbocycles. The van der Waals surface area contributed by atoms with Crippen molar-refractivity contribution in [1.29, 1.82) is 0 Å². The van der Waals surface area contributed by atoms with Crippen LogP contribution in [0.4, 0.5) is 5.69 Å². The summed E-state index contributed by atoms with van der Waals surface area (Å²) in [6.45, 7) is 0.446. The van der Waals surface area contributed by atoms with Gasteiger partial charge >= 0.3 is 0 Å². The molecular formula is C23H20N6O3S. The molecule has 0 aliphatic carbocycles. The fourth-order valence-corrected chi connectivity index (χ4v) is 4.13. The van der Waals surface area contributed by atoms with E-state index in [-0.39, 0.29) is 11.7 Å². The number of carbonyl (C=O) groups excluding carboxylic acids is 1. The average molecular weight is 461 g/mol. The molecule has 166 valence electrons. The average Bonchev–Trinajstić information content (AvgIpc) is 3.59. The lowest BCUT2D eigenvalue weighted by molar-refractivity contribution is -0.113. The summed E-state index contributed by atoms with van der Waals surface area (Å²) in [4.78, 5) is 12.6. The molecule has 2 aromatic carbocycles. The second-order valence-corrected chi connectivity index (χ2v) is 8.15. The van der Waals surface area contributed by atoms with Gasteiger partial charge in [-0.3, -0.25) is 14.5 Å². The molecule has 0 aliphatic heterocycles. The third kappa shape index (κ3) is 4.60. The van der Waals surface area contributed by atoms with Gasteiger partial charge in [-0.2, -0.15) is 5.10 Å². The summed E-state index contributed by atoms with van der Waals surface area (Å²) in [6.07, 6.45) is 3.37. The summed E-state index contributed by atoms with van der Waals surface area (Å²) >= 11 is 1.32. The number of fused-ring (bicyclic) bond motifs is 1. The van der Waals surface area contributed by atoms with E-state index in [1.165, 1.54) is 11.8 Å². The van der Waals surface area contributed by atoms with Gasteiger partial charge in [0, 0.05) is 16.6 Å². The van der Waals surface area contributed by atoms with Gasteiger partial charge in [0.1, 0.15) is 11.5 Å². The van der Waals surface area contributed by atoms with Gasteiger partial charge in [-0.15, -0.1) is 10.2 Å². The molecular weight excluding hydrogens is 440 g/mol. The molecule has 0 bridgehead atoms. The number of ether oxygens (including phenoxy) is 1. The van der Waals surface area contributed by atoms with E-state index < -0.39 is 0 Å². The number of furan rings is 1. The van der Waals surface area contributed by atoms with Crippen LogP contribution in [-0.4, -0.2) is 43.7 Å². The molecule has 5 rings (SSSR count). The van der Waals surface area contributed by atoms with Crippen LogP contribution in [0.1, 0.15) is 5.76 Å². The highest BCUT2D eigenvalue weighted by Crippen LogP contribution is 2.27. The number of benzene rings is 2. The van der Waals surface area contributed by atoms with Crippen LogP contribution in [0.5, 0.6) is 5.75 Å². The molecule has 3 heterocycles. The lowest BCUT2D eigenvalue weighted by Crippen LogP contribution is -2.14. The molecule has 5 aromatic rings. The molecule has 2 N–H and O–H groups in total. The van der Waals surface area contributed by atoms with E-state index in [0.29, 0.717) is 23.2 Å². The summed E-state index contributed by atoms with van der Waals surface area (Å²) < 4.78 is 12.7. The third-order valence-electron chi connectivity index (χ3n) is 5.02. The highest BCUT2D eigenvalue weighted by molar-refractivity contribution is 7.99. The van der Waals surface area contributed by atoms with Crippen molar-refractivity contribution in [3.63, 3.8) is 0 Å². The summed E-state index contributed by atoms with van der Waals surface area (Å²) in [6, 6.07) is 16.9. The summed E-state index contributed by atoms with van der Waals surface area (Å²) in [5, 5.41) is 20.1. The molecule has 0 saturated heterocycles. The first kappa shape index (κ1) is 20.8. The lowest BCUT2D eigenvalue weighted by atomic mass is 10.2. The molecule has 0 radical (unpaired) electrons. The second-order valence-electron chi connectivity index (χ2n) is 7.21. The fourth-order valence-electron chi connectivity index (χ4n) is 3.39. The number of rotatable bonds is 8. The van der Waals surface area contributed by atoms with Gasteiger partial charge in [0.15, 0.2) is 11.0 Å². The highest BCUT2D eigenvalue weighted by atomic mass is 32.2. The Morgan fingerprint density at radius 1 is 1.18 bits per heavy atom. The number of thioether (sulfide) groups is 1. The van der Waals surface area contributed by atoms with Crippen LogP contribution in [0, 0.1) is 0 Å². The van der Waals surface area contributed by atoms with Crippen molar-refractivity contribution in [2.45, 2.75) is 11.7 Å². The number of aromatic amines is 1. The number of anilines is 1. The van der Waals surface area contributed by atoms with Gasteiger partial charge in [-0.25, -0.2) is 0 Å². The van der Waals surface area contributed by atoms with Crippen LogP contribution >= 0.6 is 11.8 Å². The van der Waals surface area contributed by atoms with Crippen molar-refractivity contribution in [1.82, 2.24) is 25.0 Å². The third-order valence-corrected chi connectivity index (χ3v) is 5.98. The van der Waals surface area contributed by atoms with Gasteiger partial charge in [0.2, 0.25) is 5.91 Å². The topological polar surface area (TPSA) is 111 Å². The molecule has 33 heavy (non-hydrogen) atoms. The molecule has 10 heteroatoms. The number of carbonyl (C=O) groups is 1. The Hall–Kier alpha value is -4.05. The van der Waals surface area contributed by atoms with Gasteiger partial charge in [0.05, 0.1) is 37.4 Å². The molecule has 9 nitrogen and oxygen atoms in total. The largest absolute Gasteiger partial charge is 0.497 e. The SMILES string of the molecule is COc1ccc(-c2nnc(SCC(=O)Nc3ccc4cn[nH]c4c3)n2Cc2ccco2)cc1. The van der Waals surface area contributed by atoms with Crippen LogP contribution in [0.2, 0.25) is 0 Å². The van der Waals surface area contributed by atoms with Crippen molar-refractivity contribution in [3.05, 3.63) is 72.8 Å². The Morgan fingerprint density at radius 2 is 2.06 bits per heavy atom. The van der Waals surface area contributed by atoms with Crippen LogP contribution in [0.3, 0.4) is 0 Å². The van der Waals surface area contributed by atoms with Crippen molar-refractivity contribution >= 4 is 34.3 Å². The number of amides is 1. The predicted molar refractivity (Wildman–Crippen MR) is 125 cm³/mol. The molecule has 0 aliphatic rings. The van der Waals surface area contributed by atoms with E-state index in [2.05, 4.69) is 25.7 Å². The predicted octanol–water partition coefficient (Wildman–Crippen LogP) is 4.20. The van der Waals surface area contributed by atoms with Crippen molar-refractivity contribution in [2.24, 2.45) is 0 Å². The van der Waals surface area contributed by atoms with E-state index >= 15 is 0 Å². The minimum Gasteiger partial charge on any atom is -0.497 e. The van der Waals surface area contributed by atoms with Crippen LogP contribution in [0.15, 0.2) is 76.6 Å². The molecule has 0 atom stereocenters. The van der Waals surface area contributed by atoms with Crippen molar-refractivity contribution in [2.75, 3.05) is 18.2 Å². The Balaban J connectivity index is 1.34. The number of nitrogens with one attached hydrogen (secondary N) is 2. The Bertz CT molecular complexity index is 1380. The Kier molecular flexibility index (Phi) is 5.81. The van der Waals surface area contributed by atoms with Crippen LogP contribution in [0.25, 0.3) is 22.3 Å². The zero-order valence-corrected chi connectivity index (χ0v) is 18.5. The van der Waals surface area contributed by atoms with Crippen molar-refractivity contribution in [3.8, 4) is 17.1 Å². The summed E-state index contributed by atoms with van der Waals surface area (Å²) in [5.41, 5.74) is 2.45. The van der Waals surface area contributed by atoms with Crippen molar-refractivity contribution < 1.29 is 13.9 Å². The van der Waals surface area contributed by atoms with E-state index in [0.717, 1.165) is 28.0 Å². The van der Waals surface area contributed by atoms with Gasteiger partial charge in [-0.1, -0.05) is 11.8 Å². The van der Waals surface area contributed by atoms with Gasteiger partial charge in [0.25, 0.3) is 0 Å².